The van der Waals surface area contributed by atoms with Gasteiger partial charge in [0.25, 0.3) is 0 Å². The molecule has 0 aliphatic rings. The minimum atomic E-state index is -1.15. The number of aliphatic hydroxyl groups is 1. The summed E-state index contributed by atoms with van der Waals surface area (Å²) < 4.78 is 10.7. The number of hydrogen-bond acceptors (Lipinski definition) is 4. The van der Waals surface area contributed by atoms with E-state index in [2.05, 4.69) is 11.8 Å². The van der Waals surface area contributed by atoms with Gasteiger partial charge in [-0.1, -0.05) is 31.2 Å². The lowest BCUT2D eigenvalue weighted by atomic mass is 9.76. The zero-order chi connectivity index (χ0) is 17.7. The van der Waals surface area contributed by atoms with Crippen molar-refractivity contribution in [2.75, 3.05) is 34.9 Å². The normalized spacial score (nSPS) is 13.0. The second kappa shape index (κ2) is 7.69. The molecule has 0 radical (unpaired) electrons. The van der Waals surface area contributed by atoms with E-state index in [9.17, 15) is 5.11 Å². The zero-order valence-electron chi connectivity index (χ0n) is 15.1. The largest absolute Gasteiger partial charge is 0.497 e. The van der Waals surface area contributed by atoms with E-state index in [0.717, 1.165) is 29.2 Å². The van der Waals surface area contributed by atoms with Crippen LogP contribution in [0.15, 0.2) is 48.5 Å². The van der Waals surface area contributed by atoms with Crippen LogP contribution in [0, 0.1) is 5.92 Å². The molecule has 0 saturated carbocycles. The van der Waals surface area contributed by atoms with Gasteiger partial charge in [-0.25, -0.2) is 0 Å². The molecule has 24 heavy (non-hydrogen) atoms. The summed E-state index contributed by atoms with van der Waals surface area (Å²) in [5.74, 6) is 1.42. The SMILES string of the molecule is COc1cccc(C(O)(c2cccc(OC)c2)C(C)CN(C)C)c1. The van der Waals surface area contributed by atoms with Crippen molar-refractivity contribution in [3.63, 3.8) is 0 Å². The summed E-state index contributed by atoms with van der Waals surface area (Å²) in [5, 5.41) is 11.8. The minimum absolute atomic E-state index is 0.0355. The Hall–Kier alpha value is -2.04. The van der Waals surface area contributed by atoms with Crippen LogP contribution in [-0.4, -0.2) is 44.9 Å². The zero-order valence-corrected chi connectivity index (χ0v) is 15.1. The maximum Gasteiger partial charge on any atom is 0.119 e. The standard InChI is InChI=1S/C20H27NO3/c1-15(14-21(2)3)20(22,16-8-6-10-18(12-16)23-4)17-9-7-11-19(13-17)24-5/h6-13,15,22H,14H2,1-5H3. The van der Waals surface area contributed by atoms with Crippen molar-refractivity contribution in [1.82, 2.24) is 4.90 Å². The second-order valence-corrected chi connectivity index (χ2v) is 6.39. The van der Waals surface area contributed by atoms with Crippen molar-refractivity contribution in [2.24, 2.45) is 5.92 Å². The average Bonchev–Trinajstić information content (AvgIpc) is 2.60. The first-order valence-corrected chi connectivity index (χ1v) is 8.08. The molecule has 2 aromatic rings. The van der Waals surface area contributed by atoms with E-state index in [-0.39, 0.29) is 5.92 Å². The van der Waals surface area contributed by atoms with Crippen LogP contribution in [-0.2, 0) is 5.60 Å². The van der Waals surface area contributed by atoms with Crippen LogP contribution in [0.3, 0.4) is 0 Å². The Morgan fingerprint density at radius 3 is 1.79 bits per heavy atom. The average molecular weight is 329 g/mol. The van der Waals surface area contributed by atoms with E-state index in [0.29, 0.717) is 0 Å². The molecule has 1 atom stereocenters. The molecule has 0 fully saturated rings. The third-order valence-corrected chi connectivity index (χ3v) is 4.37. The summed E-state index contributed by atoms with van der Waals surface area (Å²) in [7, 11) is 7.28. The van der Waals surface area contributed by atoms with E-state index in [4.69, 9.17) is 9.47 Å². The third kappa shape index (κ3) is 3.71. The molecule has 0 spiro atoms. The van der Waals surface area contributed by atoms with Gasteiger partial charge in [0.2, 0.25) is 0 Å². The maximum atomic E-state index is 11.8. The molecule has 0 bridgehead atoms. The van der Waals surface area contributed by atoms with E-state index >= 15 is 0 Å². The molecule has 130 valence electrons. The van der Waals surface area contributed by atoms with E-state index in [1.54, 1.807) is 14.2 Å². The lowest BCUT2D eigenvalue weighted by Crippen LogP contribution is -2.40. The van der Waals surface area contributed by atoms with Gasteiger partial charge in [-0.2, -0.15) is 0 Å². The highest BCUT2D eigenvalue weighted by Crippen LogP contribution is 2.39. The van der Waals surface area contributed by atoms with Gasteiger partial charge in [0.1, 0.15) is 17.1 Å². The number of ether oxygens (including phenoxy) is 2. The van der Waals surface area contributed by atoms with Crippen molar-refractivity contribution in [3.05, 3.63) is 59.7 Å². The number of benzene rings is 2. The summed E-state index contributed by atoms with van der Waals surface area (Å²) in [6.45, 7) is 2.80. The molecule has 0 heterocycles. The Morgan fingerprint density at radius 1 is 0.958 bits per heavy atom. The van der Waals surface area contributed by atoms with Gasteiger partial charge >= 0.3 is 0 Å². The van der Waals surface area contributed by atoms with Crippen LogP contribution < -0.4 is 9.47 Å². The molecule has 0 aliphatic carbocycles. The molecule has 1 N–H and O–H groups in total. The van der Waals surface area contributed by atoms with Crippen LogP contribution in [0.1, 0.15) is 18.1 Å². The van der Waals surface area contributed by atoms with Gasteiger partial charge in [0, 0.05) is 12.5 Å². The van der Waals surface area contributed by atoms with Gasteiger partial charge in [-0.3, -0.25) is 0 Å². The fourth-order valence-electron chi connectivity index (χ4n) is 3.14. The van der Waals surface area contributed by atoms with Gasteiger partial charge in [0.05, 0.1) is 14.2 Å². The van der Waals surface area contributed by atoms with Gasteiger partial charge in [-0.15, -0.1) is 0 Å². The molecule has 0 aliphatic heterocycles. The Morgan fingerprint density at radius 2 is 1.42 bits per heavy atom. The van der Waals surface area contributed by atoms with E-state index in [1.165, 1.54) is 0 Å². The summed E-state index contributed by atoms with van der Waals surface area (Å²) in [5.41, 5.74) is 0.474. The number of hydrogen-bond donors (Lipinski definition) is 1. The monoisotopic (exact) mass is 329 g/mol. The summed E-state index contributed by atoms with van der Waals surface area (Å²) in [6.07, 6.45) is 0. The molecule has 2 rings (SSSR count). The Bertz CT molecular complexity index is 622. The molecular formula is C20H27NO3. The number of rotatable bonds is 7. The summed E-state index contributed by atoms with van der Waals surface area (Å²) >= 11 is 0. The lowest BCUT2D eigenvalue weighted by Gasteiger charge is -2.37. The van der Waals surface area contributed by atoms with Gasteiger partial charge in [-0.05, 0) is 49.5 Å². The Labute approximate surface area is 144 Å². The first-order chi connectivity index (χ1) is 11.4. The molecule has 0 amide bonds. The first kappa shape index (κ1) is 18.3. The van der Waals surface area contributed by atoms with E-state index < -0.39 is 5.60 Å². The summed E-state index contributed by atoms with van der Waals surface area (Å²) in [6, 6.07) is 15.2. The first-order valence-electron chi connectivity index (χ1n) is 8.08. The molecule has 4 nitrogen and oxygen atoms in total. The molecular weight excluding hydrogens is 302 g/mol. The van der Waals surface area contributed by atoms with Crippen molar-refractivity contribution in [1.29, 1.82) is 0 Å². The smallest absolute Gasteiger partial charge is 0.119 e. The molecule has 1 unspecified atom stereocenters. The number of methoxy groups -OCH3 is 2. The van der Waals surface area contributed by atoms with Crippen LogP contribution in [0.4, 0.5) is 0 Å². The fraction of sp³-hybridized carbons (Fsp3) is 0.400. The number of nitrogens with zero attached hydrogens (tertiary/aromatic N) is 1. The highest BCUT2D eigenvalue weighted by Gasteiger charge is 2.38. The highest BCUT2D eigenvalue weighted by atomic mass is 16.5. The quantitative estimate of drug-likeness (QED) is 0.847. The van der Waals surface area contributed by atoms with Crippen LogP contribution in [0.2, 0.25) is 0 Å². The third-order valence-electron chi connectivity index (χ3n) is 4.37. The predicted molar refractivity (Wildman–Crippen MR) is 96.7 cm³/mol. The van der Waals surface area contributed by atoms with Crippen molar-refractivity contribution >= 4 is 0 Å². The Kier molecular flexibility index (Phi) is 5.86. The maximum absolute atomic E-state index is 11.8. The van der Waals surface area contributed by atoms with Crippen LogP contribution in [0.25, 0.3) is 0 Å². The fourth-order valence-corrected chi connectivity index (χ4v) is 3.14. The van der Waals surface area contributed by atoms with Gasteiger partial charge < -0.3 is 19.5 Å². The van der Waals surface area contributed by atoms with Gasteiger partial charge in [0.15, 0.2) is 0 Å². The topological polar surface area (TPSA) is 41.9 Å². The highest BCUT2D eigenvalue weighted by molar-refractivity contribution is 5.43. The van der Waals surface area contributed by atoms with Crippen molar-refractivity contribution < 1.29 is 14.6 Å². The minimum Gasteiger partial charge on any atom is -0.497 e. The Balaban J connectivity index is 2.59. The van der Waals surface area contributed by atoms with Crippen LogP contribution >= 0.6 is 0 Å². The second-order valence-electron chi connectivity index (χ2n) is 6.39. The predicted octanol–water partition coefficient (Wildman–Crippen LogP) is 3.14. The molecule has 0 aromatic heterocycles. The molecule has 0 saturated heterocycles. The molecule has 2 aromatic carbocycles. The molecule has 4 heteroatoms. The van der Waals surface area contributed by atoms with E-state index in [1.807, 2.05) is 62.6 Å². The van der Waals surface area contributed by atoms with Crippen molar-refractivity contribution in [3.8, 4) is 11.5 Å². The summed E-state index contributed by atoms with van der Waals surface area (Å²) in [4.78, 5) is 2.08. The van der Waals surface area contributed by atoms with Crippen LogP contribution in [0.5, 0.6) is 11.5 Å². The lowest BCUT2D eigenvalue weighted by molar-refractivity contribution is 0.0131. The van der Waals surface area contributed by atoms with Crippen molar-refractivity contribution in [2.45, 2.75) is 12.5 Å².